The van der Waals surface area contributed by atoms with Gasteiger partial charge in [0.25, 0.3) is 5.91 Å². The lowest BCUT2D eigenvalue weighted by atomic mass is 10.1. The summed E-state index contributed by atoms with van der Waals surface area (Å²) in [6.45, 7) is 2.49. The molecule has 0 radical (unpaired) electrons. The van der Waals surface area contributed by atoms with Gasteiger partial charge in [0, 0.05) is 12.1 Å². The summed E-state index contributed by atoms with van der Waals surface area (Å²) in [5.74, 6) is -0.892. The normalized spacial score (nSPS) is 11.2. The smallest absolute Gasteiger partial charge is 0.404 e. The van der Waals surface area contributed by atoms with Gasteiger partial charge in [-0.2, -0.15) is 0 Å². The van der Waals surface area contributed by atoms with E-state index in [9.17, 15) is 18.0 Å². The highest BCUT2D eigenvalue weighted by Gasteiger charge is 2.32. The third kappa shape index (κ3) is 5.07. The standard InChI is InChI=1S/C12H15F3N2O2/c1-2-3-6-17-11(18)8-4-5-10(9(16)7-8)19-12(13,14)15/h4-5,7H,2-3,6,16H2,1H3,(H,17,18). The van der Waals surface area contributed by atoms with Crippen LogP contribution in [0.15, 0.2) is 18.2 Å². The van der Waals surface area contributed by atoms with Crippen LogP contribution in [0.5, 0.6) is 5.75 Å². The van der Waals surface area contributed by atoms with E-state index in [0.717, 1.165) is 25.0 Å². The van der Waals surface area contributed by atoms with Gasteiger partial charge in [-0.15, -0.1) is 13.2 Å². The molecule has 19 heavy (non-hydrogen) atoms. The summed E-state index contributed by atoms with van der Waals surface area (Å²) in [5, 5.41) is 2.64. The Bertz CT molecular complexity index is 447. The van der Waals surface area contributed by atoms with Crippen LogP contribution in [0.2, 0.25) is 0 Å². The number of nitrogen functional groups attached to an aromatic ring is 1. The van der Waals surface area contributed by atoms with E-state index in [2.05, 4.69) is 10.1 Å². The number of anilines is 1. The molecule has 0 spiro atoms. The molecule has 1 aromatic rings. The van der Waals surface area contributed by atoms with Crippen molar-refractivity contribution in [2.24, 2.45) is 0 Å². The van der Waals surface area contributed by atoms with E-state index < -0.39 is 12.1 Å². The lowest BCUT2D eigenvalue weighted by Crippen LogP contribution is -2.24. The number of carbonyl (C=O) groups is 1. The van der Waals surface area contributed by atoms with E-state index in [4.69, 9.17) is 5.73 Å². The number of rotatable bonds is 5. The minimum Gasteiger partial charge on any atom is -0.404 e. The van der Waals surface area contributed by atoms with Crippen LogP contribution in [-0.4, -0.2) is 18.8 Å². The number of benzene rings is 1. The second-order valence-corrected chi connectivity index (χ2v) is 3.91. The van der Waals surface area contributed by atoms with Gasteiger partial charge in [0.2, 0.25) is 0 Å². The van der Waals surface area contributed by atoms with Gasteiger partial charge in [-0.3, -0.25) is 4.79 Å². The molecule has 1 rings (SSSR count). The molecule has 1 amide bonds. The zero-order valence-corrected chi connectivity index (χ0v) is 10.4. The molecule has 0 aliphatic rings. The number of nitrogens with one attached hydrogen (secondary N) is 1. The molecule has 0 saturated carbocycles. The molecule has 0 atom stereocenters. The maximum absolute atomic E-state index is 12.0. The molecule has 0 bridgehead atoms. The summed E-state index contributed by atoms with van der Waals surface area (Å²) in [5.41, 5.74) is 5.38. The molecule has 0 aliphatic carbocycles. The fourth-order valence-electron chi connectivity index (χ4n) is 1.39. The molecule has 4 nitrogen and oxygen atoms in total. The number of hydrogen-bond acceptors (Lipinski definition) is 3. The van der Waals surface area contributed by atoms with E-state index in [1.807, 2.05) is 6.92 Å². The Hall–Kier alpha value is -1.92. The second-order valence-electron chi connectivity index (χ2n) is 3.91. The Labute approximate surface area is 108 Å². The Morgan fingerprint density at radius 1 is 1.42 bits per heavy atom. The van der Waals surface area contributed by atoms with Crippen molar-refractivity contribution < 1.29 is 22.7 Å². The molecule has 0 unspecified atom stereocenters. The van der Waals surface area contributed by atoms with Crippen LogP contribution < -0.4 is 15.8 Å². The van der Waals surface area contributed by atoms with Gasteiger partial charge >= 0.3 is 6.36 Å². The number of hydrogen-bond donors (Lipinski definition) is 2. The summed E-state index contributed by atoms with van der Waals surface area (Å²) in [6, 6.07) is 3.42. The summed E-state index contributed by atoms with van der Waals surface area (Å²) >= 11 is 0. The van der Waals surface area contributed by atoms with E-state index in [-0.39, 0.29) is 17.2 Å². The number of halogens is 3. The molecule has 7 heteroatoms. The van der Waals surface area contributed by atoms with Gasteiger partial charge < -0.3 is 15.8 Å². The molecule has 106 valence electrons. The summed E-state index contributed by atoms with van der Waals surface area (Å²) in [4.78, 5) is 11.6. The van der Waals surface area contributed by atoms with Crippen molar-refractivity contribution in [1.82, 2.24) is 5.32 Å². The van der Waals surface area contributed by atoms with Crippen LogP contribution in [0.3, 0.4) is 0 Å². The largest absolute Gasteiger partial charge is 0.573 e. The van der Waals surface area contributed by atoms with Gasteiger partial charge in [0.05, 0.1) is 5.69 Å². The molecule has 0 aromatic heterocycles. The number of nitrogens with two attached hydrogens (primary N) is 1. The Morgan fingerprint density at radius 2 is 2.11 bits per heavy atom. The number of ether oxygens (including phenoxy) is 1. The topological polar surface area (TPSA) is 64.3 Å². The van der Waals surface area contributed by atoms with Gasteiger partial charge in [0.15, 0.2) is 5.75 Å². The van der Waals surface area contributed by atoms with Crippen LogP contribution in [-0.2, 0) is 0 Å². The first-order valence-corrected chi connectivity index (χ1v) is 5.77. The monoisotopic (exact) mass is 276 g/mol. The molecule has 1 aromatic carbocycles. The minimum atomic E-state index is -4.81. The number of unbranched alkanes of at least 4 members (excludes halogenated alkanes) is 1. The first-order valence-electron chi connectivity index (χ1n) is 5.77. The van der Waals surface area contributed by atoms with Crippen molar-refractivity contribution in [3.8, 4) is 5.75 Å². The maximum Gasteiger partial charge on any atom is 0.573 e. The van der Waals surface area contributed by atoms with Gasteiger partial charge in [-0.25, -0.2) is 0 Å². The van der Waals surface area contributed by atoms with Gasteiger partial charge in [-0.1, -0.05) is 13.3 Å². The van der Waals surface area contributed by atoms with E-state index in [0.29, 0.717) is 6.54 Å². The molecule has 0 aliphatic heterocycles. The number of carbonyl (C=O) groups excluding carboxylic acids is 1. The predicted octanol–water partition coefficient (Wildman–Crippen LogP) is 2.70. The third-order valence-corrected chi connectivity index (χ3v) is 2.31. The lowest BCUT2D eigenvalue weighted by molar-refractivity contribution is -0.274. The number of alkyl halides is 3. The first kappa shape index (κ1) is 15.1. The van der Waals surface area contributed by atoms with Crippen molar-refractivity contribution >= 4 is 11.6 Å². The van der Waals surface area contributed by atoms with E-state index in [1.54, 1.807) is 0 Å². The summed E-state index contributed by atoms with van der Waals surface area (Å²) in [7, 11) is 0. The molecule has 0 fully saturated rings. The quantitative estimate of drug-likeness (QED) is 0.642. The predicted molar refractivity (Wildman–Crippen MR) is 64.8 cm³/mol. The molecule has 3 N–H and O–H groups in total. The first-order chi connectivity index (χ1) is 8.83. The minimum absolute atomic E-state index is 0.197. The van der Waals surface area contributed by atoms with E-state index >= 15 is 0 Å². The number of amides is 1. The fraction of sp³-hybridized carbons (Fsp3) is 0.417. The Kier molecular flexibility index (Phi) is 5.02. The van der Waals surface area contributed by atoms with Crippen molar-refractivity contribution in [3.63, 3.8) is 0 Å². The Balaban J connectivity index is 2.73. The van der Waals surface area contributed by atoms with Crippen molar-refractivity contribution in [2.45, 2.75) is 26.1 Å². The SMILES string of the molecule is CCCCNC(=O)c1ccc(OC(F)(F)F)c(N)c1. The third-order valence-electron chi connectivity index (χ3n) is 2.31. The van der Waals surface area contributed by atoms with Gasteiger partial charge in [-0.05, 0) is 24.6 Å². The van der Waals surface area contributed by atoms with Crippen LogP contribution in [0.1, 0.15) is 30.1 Å². The lowest BCUT2D eigenvalue weighted by Gasteiger charge is -2.12. The highest BCUT2D eigenvalue weighted by atomic mass is 19.4. The van der Waals surface area contributed by atoms with Crippen LogP contribution >= 0.6 is 0 Å². The van der Waals surface area contributed by atoms with Crippen LogP contribution in [0, 0.1) is 0 Å². The van der Waals surface area contributed by atoms with E-state index in [1.165, 1.54) is 6.07 Å². The molecule has 0 saturated heterocycles. The maximum atomic E-state index is 12.0. The average molecular weight is 276 g/mol. The second kappa shape index (κ2) is 6.31. The summed E-state index contributed by atoms with van der Waals surface area (Å²) in [6.07, 6.45) is -3.05. The zero-order chi connectivity index (χ0) is 14.5. The van der Waals surface area contributed by atoms with Crippen molar-refractivity contribution in [3.05, 3.63) is 23.8 Å². The van der Waals surface area contributed by atoms with Crippen LogP contribution in [0.25, 0.3) is 0 Å². The molecular weight excluding hydrogens is 261 g/mol. The van der Waals surface area contributed by atoms with Crippen LogP contribution in [0.4, 0.5) is 18.9 Å². The molecule has 0 heterocycles. The highest BCUT2D eigenvalue weighted by Crippen LogP contribution is 2.28. The highest BCUT2D eigenvalue weighted by molar-refractivity contribution is 5.95. The van der Waals surface area contributed by atoms with Crippen molar-refractivity contribution in [2.75, 3.05) is 12.3 Å². The molecular formula is C12H15F3N2O2. The van der Waals surface area contributed by atoms with Crippen molar-refractivity contribution in [1.29, 1.82) is 0 Å². The zero-order valence-electron chi connectivity index (χ0n) is 10.4. The average Bonchev–Trinajstić information content (AvgIpc) is 2.30. The Morgan fingerprint density at radius 3 is 2.63 bits per heavy atom. The summed E-state index contributed by atoms with van der Waals surface area (Å²) < 4.78 is 39.8. The fourth-order valence-corrected chi connectivity index (χ4v) is 1.39. The van der Waals surface area contributed by atoms with Gasteiger partial charge in [0.1, 0.15) is 0 Å².